The standard InChI is InChI=1S/C19H24Cl2N4O4S/c1-13-19(14(2)29-22-13)30(27,28)25-8-6-24(7-9-25)18(26)12-23(3)11-15-4-5-16(20)10-17(15)21/h4-5,10H,6-9,11-12H2,1-3H3. The van der Waals surface area contributed by atoms with Crippen molar-refractivity contribution in [2.24, 2.45) is 0 Å². The molecule has 1 fully saturated rings. The van der Waals surface area contributed by atoms with Crippen LogP contribution in [0.1, 0.15) is 17.0 Å². The molecule has 8 nitrogen and oxygen atoms in total. The molecule has 1 amide bonds. The minimum absolute atomic E-state index is 0.0584. The quantitative estimate of drug-likeness (QED) is 0.639. The number of hydrogen-bond donors (Lipinski definition) is 0. The normalized spacial score (nSPS) is 15.7. The molecule has 0 N–H and O–H groups in total. The maximum Gasteiger partial charge on any atom is 0.248 e. The number of aryl methyl sites for hydroxylation is 2. The molecule has 2 aromatic rings. The summed E-state index contributed by atoms with van der Waals surface area (Å²) in [6.07, 6.45) is 0. The summed E-state index contributed by atoms with van der Waals surface area (Å²) >= 11 is 12.1. The Bertz CT molecular complexity index is 1010. The predicted molar refractivity (Wildman–Crippen MR) is 114 cm³/mol. The highest BCUT2D eigenvalue weighted by Crippen LogP contribution is 2.24. The molecule has 0 saturated carbocycles. The molecular weight excluding hydrogens is 451 g/mol. The maximum atomic E-state index is 12.9. The molecule has 0 radical (unpaired) electrons. The maximum absolute atomic E-state index is 12.9. The topological polar surface area (TPSA) is 87.0 Å². The van der Waals surface area contributed by atoms with Crippen LogP contribution in [0.25, 0.3) is 0 Å². The number of amides is 1. The van der Waals surface area contributed by atoms with E-state index in [-0.39, 0.29) is 36.2 Å². The van der Waals surface area contributed by atoms with E-state index in [1.165, 1.54) is 4.31 Å². The van der Waals surface area contributed by atoms with Gasteiger partial charge in [-0.1, -0.05) is 34.4 Å². The number of piperazine rings is 1. The minimum Gasteiger partial charge on any atom is -0.360 e. The lowest BCUT2D eigenvalue weighted by Gasteiger charge is -2.34. The van der Waals surface area contributed by atoms with Crippen molar-refractivity contribution < 1.29 is 17.7 Å². The summed E-state index contributed by atoms with van der Waals surface area (Å²) < 4.78 is 32.2. The summed E-state index contributed by atoms with van der Waals surface area (Å²) in [7, 11) is -1.86. The van der Waals surface area contributed by atoms with Crippen LogP contribution in [0, 0.1) is 13.8 Å². The van der Waals surface area contributed by atoms with Crippen LogP contribution in [-0.2, 0) is 21.4 Å². The van der Waals surface area contributed by atoms with Gasteiger partial charge in [0.25, 0.3) is 0 Å². The second kappa shape index (κ2) is 9.23. The minimum atomic E-state index is -3.70. The molecule has 0 aliphatic carbocycles. The van der Waals surface area contributed by atoms with Crippen molar-refractivity contribution in [2.75, 3.05) is 39.8 Å². The second-order valence-electron chi connectivity index (χ2n) is 7.35. The number of rotatable bonds is 6. The van der Waals surface area contributed by atoms with Gasteiger partial charge in [-0.25, -0.2) is 8.42 Å². The first kappa shape index (κ1) is 23.0. The number of likely N-dealkylation sites (N-methyl/N-ethyl adjacent to an activating group) is 1. The van der Waals surface area contributed by atoms with Gasteiger partial charge in [0.15, 0.2) is 5.76 Å². The third kappa shape index (κ3) is 4.97. The summed E-state index contributed by atoms with van der Waals surface area (Å²) in [5.74, 6) is 0.213. The molecule has 1 aromatic carbocycles. The Morgan fingerprint density at radius 3 is 2.43 bits per heavy atom. The highest BCUT2D eigenvalue weighted by atomic mass is 35.5. The number of benzene rings is 1. The lowest BCUT2D eigenvalue weighted by atomic mass is 10.2. The molecule has 1 aliphatic heterocycles. The number of halogens is 2. The van der Waals surface area contributed by atoms with Crippen LogP contribution in [0.2, 0.25) is 10.0 Å². The van der Waals surface area contributed by atoms with Gasteiger partial charge in [-0.3, -0.25) is 9.69 Å². The van der Waals surface area contributed by atoms with Gasteiger partial charge in [0.1, 0.15) is 10.6 Å². The van der Waals surface area contributed by atoms with Gasteiger partial charge in [-0.15, -0.1) is 0 Å². The lowest BCUT2D eigenvalue weighted by Crippen LogP contribution is -2.52. The number of hydrogen-bond acceptors (Lipinski definition) is 6. The molecule has 0 atom stereocenters. The van der Waals surface area contributed by atoms with Gasteiger partial charge in [0, 0.05) is 42.8 Å². The largest absolute Gasteiger partial charge is 0.360 e. The number of aromatic nitrogens is 1. The molecule has 1 saturated heterocycles. The first-order valence-electron chi connectivity index (χ1n) is 9.43. The van der Waals surface area contributed by atoms with Crippen LogP contribution in [-0.4, -0.2) is 73.4 Å². The van der Waals surface area contributed by atoms with E-state index >= 15 is 0 Å². The zero-order valence-corrected chi connectivity index (χ0v) is 19.4. The Kier molecular flexibility index (Phi) is 7.09. The third-order valence-electron chi connectivity index (χ3n) is 5.02. The van der Waals surface area contributed by atoms with Gasteiger partial charge >= 0.3 is 0 Å². The van der Waals surface area contributed by atoms with E-state index < -0.39 is 10.0 Å². The van der Waals surface area contributed by atoms with E-state index in [1.807, 2.05) is 18.0 Å². The Hall–Kier alpha value is -1.65. The van der Waals surface area contributed by atoms with Gasteiger partial charge in [0.05, 0.1) is 6.54 Å². The number of carbonyl (C=O) groups excluding carboxylic acids is 1. The van der Waals surface area contributed by atoms with Gasteiger partial charge < -0.3 is 9.42 Å². The van der Waals surface area contributed by atoms with Crippen molar-refractivity contribution in [1.29, 1.82) is 0 Å². The van der Waals surface area contributed by atoms with Crippen LogP contribution < -0.4 is 0 Å². The van der Waals surface area contributed by atoms with Gasteiger partial charge in [0.2, 0.25) is 15.9 Å². The number of sulfonamides is 1. The van der Waals surface area contributed by atoms with E-state index in [0.717, 1.165) is 5.56 Å². The fourth-order valence-corrected chi connectivity index (χ4v) is 5.66. The zero-order valence-electron chi connectivity index (χ0n) is 17.1. The van der Waals surface area contributed by atoms with Gasteiger partial charge in [-0.05, 0) is 38.6 Å². The molecule has 164 valence electrons. The third-order valence-corrected chi connectivity index (χ3v) is 7.75. The monoisotopic (exact) mass is 474 g/mol. The zero-order chi connectivity index (χ0) is 22.1. The fourth-order valence-electron chi connectivity index (χ4n) is 3.48. The van der Waals surface area contributed by atoms with Crippen LogP contribution in [0.5, 0.6) is 0 Å². The summed E-state index contributed by atoms with van der Waals surface area (Å²) in [6.45, 7) is 5.00. The van der Waals surface area contributed by atoms with E-state index in [1.54, 1.807) is 30.9 Å². The summed E-state index contributed by atoms with van der Waals surface area (Å²) in [6, 6.07) is 5.27. The van der Waals surface area contributed by atoms with E-state index in [9.17, 15) is 13.2 Å². The summed E-state index contributed by atoms with van der Waals surface area (Å²) in [4.78, 5) is 16.3. The van der Waals surface area contributed by atoms with Crippen molar-refractivity contribution in [3.05, 3.63) is 45.3 Å². The first-order valence-corrected chi connectivity index (χ1v) is 11.6. The van der Waals surface area contributed by atoms with Crippen LogP contribution >= 0.6 is 23.2 Å². The second-order valence-corrected chi connectivity index (χ2v) is 10.1. The molecule has 0 unspecified atom stereocenters. The Balaban J connectivity index is 1.56. The molecule has 0 bridgehead atoms. The summed E-state index contributed by atoms with van der Waals surface area (Å²) in [5, 5.41) is 4.85. The fraction of sp³-hybridized carbons (Fsp3) is 0.474. The first-order chi connectivity index (χ1) is 14.1. The van der Waals surface area contributed by atoms with E-state index in [2.05, 4.69) is 5.16 Å². The van der Waals surface area contributed by atoms with Crippen LogP contribution in [0.3, 0.4) is 0 Å². The van der Waals surface area contributed by atoms with E-state index in [4.69, 9.17) is 27.7 Å². The molecule has 30 heavy (non-hydrogen) atoms. The highest BCUT2D eigenvalue weighted by molar-refractivity contribution is 7.89. The molecular formula is C19H24Cl2N4O4S. The van der Waals surface area contributed by atoms with Crippen molar-refractivity contribution in [2.45, 2.75) is 25.3 Å². The molecule has 1 aromatic heterocycles. The molecule has 1 aliphatic rings. The Labute approximate surface area is 186 Å². The lowest BCUT2D eigenvalue weighted by molar-refractivity contribution is -0.133. The van der Waals surface area contributed by atoms with Crippen molar-refractivity contribution in [3.8, 4) is 0 Å². The molecule has 11 heteroatoms. The van der Waals surface area contributed by atoms with Crippen molar-refractivity contribution in [1.82, 2.24) is 19.3 Å². The smallest absolute Gasteiger partial charge is 0.248 e. The van der Waals surface area contributed by atoms with Crippen molar-refractivity contribution >= 4 is 39.1 Å². The molecule has 2 heterocycles. The molecule has 0 spiro atoms. The Morgan fingerprint density at radius 2 is 1.87 bits per heavy atom. The number of nitrogens with zero attached hydrogens (tertiary/aromatic N) is 4. The number of carbonyl (C=O) groups is 1. The highest BCUT2D eigenvalue weighted by Gasteiger charge is 2.34. The van der Waals surface area contributed by atoms with Crippen LogP contribution in [0.15, 0.2) is 27.6 Å². The molecule has 3 rings (SSSR count). The van der Waals surface area contributed by atoms with Crippen molar-refractivity contribution in [3.63, 3.8) is 0 Å². The summed E-state index contributed by atoms with van der Waals surface area (Å²) in [5.41, 5.74) is 1.22. The Morgan fingerprint density at radius 1 is 1.20 bits per heavy atom. The predicted octanol–water partition coefficient (Wildman–Crippen LogP) is 2.56. The van der Waals surface area contributed by atoms with E-state index in [0.29, 0.717) is 35.4 Å². The SMILES string of the molecule is Cc1noc(C)c1S(=O)(=O)N1CCN(C(=O)CN(C)Cc2ccc(Cl)cc2Cl)CC1. The van der Waals surface area contributed by atoms with Crippen LogP contribution in [0.4, 0.5) is 0 Å². The average Bonchev–Trinajstić information content (AvgIpc) is 3.03. The van der Waals surface area contributed by atoms with Gasteiger partial charge in [-0.2, -0.15) is 4.31 Å². The average molecular weight is 475 g/mol.